The van der Waals surface area contributed by atoms with Crippen LogP contribution in [0.15, 0.2) is 40.8 Å². The van der Waals surface area contributed by atoms with Crippen LogP contribution in [0, 0.1) is 12.8 Å². The van der Waals surface area contributed by atoms with E-state index in [-0.39, 0.29) is 12.1 Å². The van der Waals surface area contributed by atoms with Crippen LogP contribution in [-0.2, 0) is 11.3 Å². The molecule has 24 heavy (non-hydrogen) atoms. The molecule has 5 nitrogen and oxygen atoms in total. The molecule has 1 aromatic carbocycles. The Morgan fingerprint density at radius 1 is 1.33 bits per heavy atom. The normalized spacial score (nSPS) is 15.1. The minimum atomic E-state index is -0.257. The minimum Gasteiger partial charge on any atom is -0.464 e. The highest BCUT2D eigenvalue weighted by Crippen LogP contribution is 2.29. The topological polar surface area (TPSA) is 63.5 Å². The summed E-state index contributed by atoms with van der Waals surface area (Å²) < 4.78 is 11.2. The third-order valence-corrected chi connectivity index (χ3v) is 4.04. The van der Waals surface area contributed by atoms with Crippen LogP contribution in [0.2, 0.25) is 0 Å². The van der Waals surface area contributed by atoms with Crippen molar-refractivity contribution < 1.29 is 13.9 Å². The number of anilines is 1. The maximum Gasteiger partial charge on any atom is 0.319 e. The molecular weight excluding hydrogens is 304 g/mol. The first kappa shape index (κ1) is 16.6. The van der Waals surface area contributed by atoms with Gasteiger partial charge in [0.25, 0.3) is 0 Å². The second kappa shape index (κ2) is 7.53. The van der Waals surface area contributed by atoms with E-state index in [9.17, 15) is 4.79 Å². The Bertz CT molecular complexity index is 691. The second-order valence-electron chi connectivity index (χ2n) is 6.43. The Balaban J connectivity index is 1.49. The molecule has 1 aromatic heterocycles. The average molecular weight is 328 g/mol. The fraction of sp³-hybridized carbons (Fsp3) is 0.421. The zero-order valence-electron chi connectivity index (χ0n) is 14.2. The van der Waals surface area contributed by atoms with Crippen molar-refractivity contribution in [1.29, 1.82) is 0 Å². The number of rotatable bonds is 7. The molecule has 1 atom stereocenters. The molecule has 1 unspecified atom stereocenters. The monoisotopic (exact) mass is 328 g/mol. The molecule has 0 saturated heterocycles. The zero-order chi connectivity index (χ0) is 16.9. The van der Waals surface area contributed by atoms with E-state index in [2.05, 4.69) is 10.6 Å². The standard InChI is InChI=1S/C19H24N2O3/c1-13-6-9-18(24-13)14(2)20-19(22)21-17-5-3-4-16(10-17)12-23-11-15-7-8-15/h3-6,9-10,14-15H,7-8,11-12H2,1-2H3,(H2,20,21,22). The van der Waals surface area contributed by atoms with E-state index in [0.29, 0.717) is 6.61 Å². The van der Waals surface area contributed by atoms with Crippen LogP contribution in [0.1, 0.15) is 42.9 Å². The van der Waals surface area contributed by atoms with E-state index in [1.54, 1.807) is 0 Å². The zero-order valence-corrected chi connectivity index (χ0v) is 14.2. The molecule has 0 spiro atoms. The SMILES string of the molecule is Cc1ccc(C(C)NC(=O)Nc2cccc(COCC3CC3)c2)o1. The molecule has 3 rings (SSSR count). The van der Waals surface area contributed by atoms with Crippen LogP contribution in [0.4, 0.5) is 10.5 Å². The van der Waals surface area contributed by atoms with E-state index < -0.39 is 0 Å². The van der Waals surface area contributed by atoms with E-state index in [1.165, 1.54) is 12.8 Å². The van der Waals surface area contributed by atoms with Crippen LogP contribution in [0.3, 0.4) is 0 Å². The summed E-state index contributed by atoms with van der Waals surface area (Å²) in [4.78, 5) is 12.1. The first-order valence-electron chi connectivity index (χ1n) is 8.40. The molecule has 2 N–H and O–H groups in total. The first-order chi connectivity index (χ1) is 11.6. The van der Waals surface area contributed by atoms with Gasteiger partial charge in [0.1, 0.15) is 11.5 Å². The van der Waals surface area contributed by atoms with Crippen molar-refractivity contribution in [1.82, 2.24) is 5.32 Å². The molecule has 2 aromatic rings. The van der Waals surface area contributed by atoms with Gasteiger partial charge in [0.05, 0.1) is 12.6 Å². The molecule has 1 aliphatic carbocycles. The van der Waals surface area contributed by atoms with E-state index in [1.807, 2.05) is 50.2 Å². The number of carbonyl (C=O) groups is 1. The largest absolute Gasteiger partial charge is 0.464 e. The summed E-state index contributed by atoms with van der Waals surface area (Å²) in [5.74, 6) is 2.33. The average Bonchev–Trinajstić information content (AvgIpc) is 3.26. The summed E-state index contributed by atoms with van der Waals surface area (Å²) in [5, 5.41) is 5.72. The van der Waals surface area contributed by atoms with Crippen LogP contribution in [0.25, 0.3) is 0 Å². The molecule has 1 aliphatic rings. The Labute approximate surface area is 142 Å². The van der Waals surface area contributed by atoms with E-state index in [4.69, 9.17) is 9.15 Å². The fourth-order valence-corrected chi connectivity index (χ4v) is 2.49. The molecule has 0 aliphatic heterocycles. The molecule has 1 fully saturated rings. The minimum absolute atomic E-state index is 0.191. The number of hydrogen-bond donors (Lipinski definition) is 2. The number of urea groups is 1. The van der Waals surface area contributed by atoms with Crippen LogP contribution < -0.4 is 10.6 Å². The van der Waals surface area contributed by atoms with Crippen molar-refractivity contribution in [3.63, 3.8) is 0 Å². The van der Waals surface area contributed by atoms with Gasteiger partial charge in [-0.15, -0.1) is 0 Å². The molecule has 0 bridgehead atoms. The van der Waals surface area contributed by atoms with Gasteiger partial charge in [-0.05, 0) is 62.4 Å². The summed E-state index contributed by atoms with van der Waals surface area (Å²) in [6.45, 7) is 5.18. The molecule has 2 amide bonds. The van der Waals surface area contributed by atoms with Crippen LogP contribution >= 0.6 is 0 Å². The third kappa shape index (κ3) is 4.86. The summed E-state index contributed by atoms with van der Waals surface area (Å²) in [6, 6.07) is 11.0. The van der Waals surface area contributed by atoms with Gasteiger partial charge in [-0.1, -0.05) is 12.1 Å². The van der Waals surface area contributed by atoms with Crippen LogP contribution in [0.5, 0.6) is 0 Å². The van der Waals surface area contributed by atoms with Crippen molar-refractivity contribution in [2.75, 3.05) is 11.9 Å². The number of carbonyl (C=O) groups excluding carboxylic acids is 1. The summed E-state index contributed by atoms with van der Waals surface area (Å²) in [5.41, 5.74) is 1.81. The van der Waals surface area contributed by atoms with Gasteiger partial charge >= 0.3 is 6.03 Å². The van der Waals surface area contributed by atoms with Gasteiger partial charge < -0.3 is 19.8 Å². The first-order valence-corrected chi connectivity index (χ1v) is 8.40. The summed E-state index contributed by atoms with van der Waals surface area (Å²) in [6.07, 6.45) is 2.57. The molecular formula is C19H24N2O3. The van der Waals surface area contributed by atoms with Gasteiger partial charge in [-0.25, -0.2) is 4.79 Å². The lowest BCUT2D eigenvalue weighted by molar-refractivity contribution is 0.111. The Morgan fingerprint density at radius 3 is 2.88 bits per heavy atom. The van der Waals surface area contributed by atoms with Crippen molar-refractivity contribution in [3.05, 3.63) is 53.5 Å². The van der Waals surface area contributed by atoms with Crippen molar-refractivity contribution in [3.8, 4) is 0 Å². The van der Waals surface area contributed by atoms with Gasteiger partial charge in [0, 0.05) is 12.3 Å². The number of benzene rings is 1. The second-order valence-corrected chi connectivity index (χ2v) is 6.43. The Hall–Kier alpha value is -2.27. The van der Waals surface area contributed by atoms with Crippen molar-refractivity contribution in [2.24, 2.45) is 5.92 Å². The number of amides is 2. The molecule has 1 saturated carbocycles. The van der Waals surface area contributed by atoms with Crippen molar-refractivity contribution >= 4 is 11.7 Å². The maximum atomic E-state index is 12.1. The predicted molar refractivity (Wildman–Crippen MR) is 92.8 cm³/mol. The van der Waals surface area contributed by atoms with Gasteiger partial charge in [0.15, 0.2) is 0 Å². The van der Waals surface area contributed by atoms with E-state index in [0.717, 1.165) is 35.3 Å². The Kier molecular flexibility index (Phi) is 5.20. The summed E-state index contributed by atoms with van der Waals surface area (Å²) >= 11 is 0. The lowest BCUT2D eigenvalue weighted by atomic mass is 10.2. The number of hydrogen-bond acceptors (Lipinski definition) is 3. The van der Waals surface area contributed by atoms with Crippen LogP contribution in [-0.4, -0.2) is 12.6 Å². The molecule has 0 radical (unpaired) electrons. The number of furan rings is 1. The quantitative estimate of drug-likeness (QED) is 0.792. The number of aryl methyl sites for hydroxylation is 1. The maximum absolute atomic E-state index is 12.1. The van der Waals surface area contributed by atoms with Gasteiger partial charge in [-0.2, -0.15) is 0 Å². The highest BCUT2D eigenvalue weighted by atomic mass is 16.5. The number of ether oxygens (including phenoxy) is 1. The number of nitrogens with one attached hydrogen (secondary N) is 2. The highest BCUT2D eigenvalue weighted by molar-refractivity contribution is 5.89. The molecule has 128 valence electrons. The lowest BCUT2D eigenvalue weighted by Crippen LogP contribution is -2.31. The van der Waals surface area contributed by atoms with Crippen molar-refractivity contribution in [2.45, 2.75) is 39.3 Å². The predicted octanol–water partition coefficient (Wildman–Crippen LogP) is 4.40. The smallest absolute Gasteiger partial charge is 0.319 e. The third-order valence-electron chi connectivity index (χ3n) is 4.04. The Morgan fingerprint density at radius 2 is 2.17 bits per heavy atom. The van der Waals surface area contributed by atoms with Gasteiger partial charge in [-0.3, -0.25) is 0 Å². The van der Waals surface area contributed by atoms with E-state index >= 15 is 0 Å². The highest BCUT2D eigenvalue weighted by Gasteiger charge is 2.21. The fourth-order valence-electron chi connectivity index (χ4n) is 2.49. The summed E-state index contributed by atoms with van der Waals surface area (Å²) in [7, 11) is 0. The molecule has 1 heterocycles. The lowest BCUT2D eigenvalue weighted by Gasteiger charge is -2.13. The van der Waals surface area contributed by atoms with Gasteiger partial charge in [0.2, 0.25) is 0 Å². The molecule has 5 heteroatoms.